The van der Waals surface area contributed by atoms with Crippen molar-refractivity contribution < 1.29 is 19.1 Å². The molecule has 1 aromatic rings. The molecule has 0 spiro atoms. The second-order valence-electron chi connectivity index (χ2n) is 2.91. The predicted octanol–water partition coefficient (Wildman–Crippen LogP) is -0.394. The fourth-order valence-corrected chi connectivity index (χ4v) is 1.13. The molecule has 0 aliphatic heterocycles. The number of rotatable bonds is 5. The average molecular weight is 258 g/mol. The Morgan fingerprint density at radius 2 is 2.29 bits per heavy atom. The van der Waals surface area contributed by atoms with E-state index in [4.69, 9.17) is 26.0 Å². The molecule has 0 aromatic carbocycles. The molecule has 0 saturated heterocycles. The zero-order valence-corrected chi connectivity index (χ0v) is 9.63. The minimum absolute atomic E-state index is 0.0160. The van der Waals surface area contributed by atoms with Gasteiger partial charge >= 0.3 is 97.3 Å². The third kappa shape index (κ3) is 4.84. The number of aliphatic hydroxyl groups is 1. The molecule has 0 saturated carbocycles. The number of ether oxygens (including phenoxy) is 2. The molecule has 0 bridgehead atoms. The van der Waals surface area contributed by atoms with E-state index in [1.807, 2.05) is 0 Å². The molecule has 8 nitrogen and oxygen atoms in total. The summed E-state index contributed by atoms with van der Waals surface area (Å²) in [4.78, 5) is 7.42. The summed E-state index contributed by atoms with van der Waals surface area (Å²) >= 11 is 0. The number of nitrogens with zero attached hydrogens (tertiary/aromatic N) is 2. The molecule has 1 aromatic heterocycles. The van der Waals surface area contributed by atoms with Gasteiger partial charge in [0.15, 0.2) is 0 Å². The zero-order valence-electron chi connectivity index (χ0n) is 8.74. The van der Waals surface area contributed by atoms with Crippen LogP contribution in [-0.4, -0.2) is 34.4 Å². The van der Waals surface area contributed by atoms with Gasteiger partial charge in [0.1, 0.15) is 0 Å². The molecule has 0 amide bonds. The maximum atomic E-state index is 10.1. The summed E-state index contributed by atoms with van der Waals surface area (Å²) in [5, 5.41) is 8.91. The normalized spacial score (nSPS) is 11.6. The van der Waals surface area contributed by atoms with Gasteiger partial charge < -0.3 is 0 Å². The third-order valence-electron chi connectivity index (χ3n) is 1.62. The molecule has 0 unspecified atom stereocenters. The van der Waals surface area contributed by atoms with Crippen LogP contribution >= 0.6 is 7.92 Å². The van der Waals surface area contributed by atoms with Crippen LogP contribution in [0.2, 0.25) is 0 Å². The van der Waals surface area contributed by atoms with Crippen LogP contribution < -0.4 is 16.2 Å². The van der Waals surface area contributed by atoms with Gasteiger partial charge in [-0.25, -0.2) is 0 Å². The standard InChI is InChI=1S/C8H11N4O4P/c9-6-1-7(12-8(10)11-6)15-3-5(2-13)16-4-17-14/h1,5,13H,2-3H2,(H4,9,10,11,12)/t5-/m0/s1. The van der Waals surface area contributed by atoms with Crippen molar-refractivity contribution in [3.63, 3.8) is 0 Å². The molecule has 0 aliphatic rings. The summed E-state index contributed by atoms with van der Waals surface area (Å²) in [6.45, 7) is -0.340. The molecular formula is C8H11N4O4P. The molecule has 5 N–H and O–H groups in total. The molecule has 0 fully saturated rings. The molecule has 1 heterocycles. The number of aromatic nitrogens is 2. The van der Waals surface area contributed by atoms with Gasteiger partial charge in [-0.05, 0) is 0 Å². The van der Waals surface area contributed by atoms with Crippen molar-refractivity contribution in [2.45, 2.75) is 6.10 Å². The second-order valence-corrected chi connectivity index (χ2v) is 3.27. The van der Waals surface area contributed by atoms with Crippen molar-refractivity contribution in [1.29, 1.82) is 0 Å². The molecule has 17 heavy (non-hydrogen) atoms. The van der Waals surface area contributed by atoms with Crippen LogP contribution in [-0.2, 0) is 9.30 Å². The zero-order chi connectivity index (χ0) is 12.7. The number of hydrogen-bond donors (Lipinski definition) is 3. The van der Waals surface area contributed by atoms with Crippen LogP contribution in [0.5, 0.6) is 5.88 Å². The van der Waals surface area contributed by atoms with E-state index < -0.39 is 14.0 Å². The summed E-state index contributed by atoms with van der Waals surface area (Å²) in [5.41, 5.74) is 10.8. The Bertz CT molecular complexity index is 457. The van der Waals surface area contributed by atoms with E-state index in [0.29, 0.717) is 0 Å². The minimum atomic E-state index is -0.700. The van der Waals surface area contributed by atoms with Gasteiger partial charge in [-0.1, -0.05) is 0 Å². The topological polar surface area (TPSA) is 134 Å². The van der Waals surface area contributed by atoms with Gasteiger partial charge in [0.2, 0.25) is 0 Å². The van der Waals surface area contributed by atoms with Gasteiger partial charge in [0.05, 0.1) is 0 Å². The Kier molecular flexibility index (Phi) is 5.45. The monoisotopic (exact) mass is 258 g/mol. The van der Waals surface area contributed by atoms with Crippen LogP contribution in [0.4, 0.5) is 11.8 Å². The molecule has 0 aliphatic carbocycles. The second kappa shape index (κ2) is 6.88. The summed E-state index contributed by atoms with van der Waals surface area (Å²) in [7, 11) is -0.408. The van der Waals surface area contributed by atoms with Gasteiger partial charge in [-0.2, -0.15) is 0 Å². The van der Waals surface area contributed by atoms with Crippen molar-refractivity contribution >= 4 is 19.7 Å². The van der Waals surface area contributed by atoms with Crippen LogP contribution in [0.25, 0.3) is 0 Å². The maximum absolute atomic E-state index is 10.1. The SMILES string of the molecule is Nc1cc(OC[C@H](CO)OC#P=O)nc(N)n1. The van der Waals surface area contributed by atoms with Crippen LogP contribution in [0.1, 0.15) is 0 Å². The van der Waals surface area contributed by atoms with Crippen molar-refractivity contribution in [2.24, 2.45) is 0 Å². The first kappa shape index (κ1) is 13.5. The number of anilines is 2. The molecule has 9 heteroatoms. The van der Waals surface area contributed by atoms with Gasteiger partial charge in [0, 0.05) is 0 Å². The van der Waals surface area contributed by atoms with Gasteiger partial charge in [0.25, 0.3) is 0 Å². The fourth-order valence-electron chi connectivity index (χ4n) is 0.934. The summed E-state index contributed by atoms with van der Waals surface area (Å²) in [5.74, 6) is 2.37. The van der Waals surface area contributed by atoms with Gasteiger partial charge in [-0.15, -0.1) is 0 Å². The van der Waals surface area contributed by atoms with E-state index in [-0.39, 0.29) is 30.9 Å². The number of hydrogen-bond acceptors (Lipinski definition) is 8. The first-order valence-electron chi connectivity index (χ1n) is 4.52. The predicted molar refractivity (Wildman–Crippen MR) is 59.8 cm³/mol. The molecular weight excluding hydrogens is 247 g/mol. The van der Waals surface area contributed by atoms with Crippen molar-refractivity contribution in [3.8, 4) is 11.7 Å². The van der Waals surface area contributed by atoms with E-state index in [1.165, 1.54) is 6.07 Å². The Hall–Kier alpha value is -1.59. The first-order chi connectivity index (χ1) is 8.15. The van der Waals surface area contributed by atoms with Crippen molar-refractivity contribution in [1.82, 2.24) is 9.97 Å². The first-order valence-corrected chi connectivity index (χ1v) is 5.33. The molecule has 0 radical (unpaired) electrons. The number of nitrogens with two attached hydrogens (primary N) is 2. The summed E-state index contributed by atoms with van der Waals surface area (Å²) in [6.07, 6.45) is -0.700. The Morgan fingerprint density at radius 3 is 2.88 bits per heavy atom. The summed E-state index contributed by atoms with van der Waals surface area (Å²) in [6, 6.07) is 1.38. The van der Waals surface area contributed by atoms with E-state index in [0.717, 1.165) is 0 Å². The van der Waals surface area contributed by atoms with Crippen molar-refractivity contribution in [2.75, 3.05) is 24.7 Å². The Balaban J connectivity index is 2.57. The summed E-state index contributed by atoms with van der Waals surface area (Å²) < 4.78 is 20.0. The number of aliphatic hydroxyl groups excluding tert-OH is 1. The molecule has 1 rings (SSSR count). The quantitative estimate of drug-likeness (QED) is 0.607. The van der Waals surface area contributed by atoms with E-state index >= 15 is 0 Å². The number of nitrogen functional groups attached to an aromatic ring is 2. The van der Waals surface area contributed by atoms with Crippen LogP contribution in [0.3, 0.4) is 0 Å². The molecule has 1 atom stereocenters. The van der Waals surface area contributed by atoms with E-state index in [1.54, 1.807) is 0 Å². The third-order valence-corrected chi connectivity index (χ3v) is 1.80. The molecule has 92 valence electrons. The Labute approximate surface area is 98.1 Å². The Morgan fingerprint density at radius 1 is 1.53 bits per heavy atom. The van der Waals surface area contributed by atoms with E-state index in [9.17, 15) is 4.57 Å². The van der Waals surface area contributed by atoms with Crippen molar-refractivity contribution in [3.05, 3.63) is 6.07 Å². The average Bonchev–Trinajstić information content (AvgIpc) is 2.28. The van der Waals surface area contributed by atoms with E-state index in [2.05, 4.69) is 15.8 Å². The van der Waals surface area contributed by atoms with Crippen LogP contribution in [0.15, 0.2) is 6.07 Å². The van der Waals surface area contributed by atoms with Crippen LogP contribution in [0, 0.1) is 5.81 Å². The van der Waals surface area contributed by atoms with Gasteiger partial charge in [-0.3, -0.25) is 0 Å². The fraction of sp³-hybridized carbons (Fsp3) is 0.375.